The van der Waals surface area contributed by atoms with Crippen molar-refractivity contribution in [3.63, 3.8) is 0 Å². The van der Waals surface area contributed by atoms with Crippen molar-refractivity contribution in [1.82, 2.24) is 9.88 Å². The van der Waals surface area contributed by atoms with Crippen LogP contribution in [-0.2, 0) is 4.79 Å². The molecule has 1 saturated heterocycles. The summed E-state index contributed by atoms with van der Waals surface area (Å²) in [6, 6.07) is 6.85. The Labute approximate surface area is 160 Å². The van der Waals surface area contributed by atoms with E-state index in [2.05, 4.69) is 16.8 Å². The van der Waals surface area contributed by atoms with Crippen molar-refractivity contribution in [2.45, 2.75) is 12.0 Å². The number of ether oxygens (including phenoxy) is 1. The number of pyridine rings is 1. The normalized spacial score (nSPS) is 18.6. The van der Waals surface area contributed by atoms with E-state index >= 15 is 0 Å². The molecule has 0 spiro atoms. The second-order valence-electron chi connectivity index (χ2n) is 6.46. The molecule has 0 aliphatic carbocycles. The lowest BCUT2D eigenvalue weighted by Crippen LogP contribution is -2.37. The number of amides is 2. The molecule has 2 amide bonds. The molecule has 0 bridgehead atoms. The van der Waals surface area contributed by atoms with Crippen LogP contribution in [0.5, 0.6) is 5.75 Å². The van der Waals surface area contributed by atoms with Gasteiger partial charge in [-0.3, -0.25) is 9.59 Å². The number of rotatable bonds is 3. The molecule has 1 atom stereocenters. The molecule has 1 aromatic heterocycles. The first kappa shape index (κ1) is 19.3. The van der Waals surface area contributed by atoms with Gasteiger partial charge in [0.05, 0.1) is 12.8 Å². The SMILES string of the molecule is COc1cc(C(N)=O)nc(-c2cc(F)cc(C#C[C@]3(O)CCN(C)C3=O)c2)c1. The van der Waals surface area contributed by atoms with E-state index in [0.29, 0.717) is 17.9 Å². The second-order valence-corrected chi connectivity index (χ2v) is 6.46. The molecule has 1 fully saturated rings. The molecule has 7 nitrogen and oxygen atoms in total. The number of primary amides is 1. The van der Waals surface area contributed by atoms with Crippen LogP contribution < -0.4 is 10.5 Å². The van der Waals surface area contributed by atoms with Gasteiger partial charge in [0.25, 0.3) is 11.8 Å². The van der Waals surface area contributed by atoms with Crippen LogP contribution in [0, 0.1) is 17.7 Å². The average Bonchev–Trinajstić information content (AvgIpc) is 2.93. The Morgan fingerprint density at radius 1 is 1.36 bits per heavy atom. The second kappa shape index (κ2) is 7.29. The number of benzene rings is 1. The van der Waals surface area contributed by atoms with E-state index in [0.717, 1.165) is 0 Å². The summed E-state index contributed by atoms with van der Waals surface area (Å²) in [7, 11) is 3.00. The monoisotopic (exact) mass is 383 g/mol. The Morgan fingerprint density at radius 3 is 2.71 bits per heavy atom. The smallest absolute Gasteiger partial charge is 0.267 e. The predicted octanol–water partition coefficient (Wildman–Crippen LogP) is 0.940. The van der Waals surface area contributed by atoms with Gasteiger partial charge in [-0.15, -0.1) is 0 Å². The highest BCUT2D eigenvalue weighted by atomic mass is 19.1. The molecule has 3 N–H and O–H groups in total. The Kier molecular flexibility index (Phi) is 5.03. The van der Waals surface area contributed by atoms with Crippen molar-refractivity contribution >= 4 is 11.8 Å². The van der Waals surface area contributed by atoms with Gasteiger partial charge in [-0.1, -0.05) is 11.8 Å². The van der Waals surface area contributed by atoms with Crippen LogP contribution in [-0.4, -0.2) is 53.1 Å². The highest BCUT2D eigenvalue weighted by Crippen LogP contribution is 2.25. The minimum Gasteiger partial charge on any atom is -0.497 e. The maximum absolute atomic E-state index is 14.1. The van der Waals surface area contributed by atoms with Crippen LogP contribution >= 0.6 is 0 Å². The van der Waals surface area contributed by atoms with Gasteiger partial charge in [0.15, 0.2) is 0 Å². The van der Waals surface area contributed by atoms with Gasteiger partial charge in [-0.25, -0.2) is 9.37 Å². The number of carbonyl (C=O) groups excluding carboxylic acids is 2. The molecule has 8 heteroatoms. The Hall–Kier alpha value is -3.44. The zero-order valence-electron chi connectivity index (χ0n) is 15.3. The minimum atomic E-state index is -1.78. The number of methoxy groups -OCH3 is 1. The fourth-order valence-corrected chi connectivity index (χ4v) is 2.85. The number of aromatic nitrogens is 1. The van der Waals surface area contributed by atoms with Gasteiger partial charge in [0.1, 0.15) is 17.3 Å². The summed E-state index contributed by atoms with van der Waals surface area (Å²) in [5.41, 5.74) is 4.33. The van der Waals surface area contributed by atoms with Crippen LogP contribution in [0.4, 0.5) is 4.39 Å². The molecule has 28 heavy (non-hydrogen) atoms. The quantitative estimate of drug-likeness (QED) is 0.768. The lowest BCUT2D eigenvalue weighted by atomic mass is 10.0. The molecular formula is C20H18FN3O4. The van der Waals surface area contributed by atoms with Crippen LogP contribution in [0.1, 0.15) is 22.5 Å². The number of hydrogen-bond acceptors (Lipinski definition) is 5. The summed E-state index contributed by atoms with van der Waals surface area (Å²) in [6.45, 7) is 0.391. The number of aliphatic hydroxyl groups is 1. The third-order valence-electron chi connectivity index (χ3n) is 4.40. The summed E-state index contributed by atoms with van der Waals surface area (Å²) >= 11 is 0. The largest absolute Gasteiger partial charge is 0.497 e. The summed E-state index contributed by atoms with van der Waals surface area (Å²) in [4.78, 5) is 29.0. The Morgan fingerprint density at radius 2 is 2.11 bits per heavy atom. The summed E-state index contributed by atoms with van der Waals surface area (Å²) in [5, 5.41) is 10.4. The number of nitrogens with zero attached hydrogens (tertiary/aromatic N) is 2. The molecule has 0 radical (unpaired) electrons. The number of likely N-dealkylation sites (N-methyl/N-ethyl adjacent to an activating group) is 1. The fourth-order valence-electron chi connectivity index (χ4n) is 2.85. The molecule has 0 unspecified atom stereocenters. The molecule has 2 heterocycles. The molecule has 1 aliphatic rings. The highest BCUT2D eigenvalue weighted by molar-refractivity contribution is 5.92. The predicted molar refractivity (Wildman–Crippen MR) is 98.8 cm³/mol. The number of nitrogens with two attached hydrogens (primary N) is 1. The first-order valence-corrected chi connectivity index (χ1v) is 8.40. The Bertz CT molecular complexity index is 1030. The first-order valence-electron chi connectivity index (χ1n) is 8.40. The van der Waals surface area contributed by atoms with Gasteiger partial charge in [0.2, 0.25) is 5.60 Å². The third kappa shape index (κ3) is 3.80. The molecule has 0 saturated carbocycles. The summed E-state index contributed by atoms with van der Waals surface area (Å²) < 4.78 is 19.3. The van der Waals surface area contributed by atoms with Gasteiger partial charge in [-0.05, 0) is 18.2 Å². The molecule has 1 aromatic carbocycles. The van der Waals surface area contributed by atoms with Gasteiger partial charge in [0, 0.05) is 43.3 Å². The van der Waals surface area contributed by atoms with Gasteiger partial charge >= 0.3 is 0 Å². The van der Waals surface area contributed by atoms with E-state index in [-0.39, 0.29) is 23.4 Å². The molecule has 3 rings (SSSR count). The number of halogens is 1. The average molecular weight is 383 g/mol. The van der Waals surface area contributed by atoms with Crippen molar-refractivity contribution < 1.29 is 23.8 Å². The number of likely N-dealkylation sites (tertiary alicyclic amines) is 1. The maximum atomic E-state index is 14.1. The maximum Gasteiger partial charge on any atom is 0.267 e. The molecule has 1 aliphatic heterocycles. The molecular weight excluding hydrogens is 365 g/mol. The summed E-state index contributed by atoms with van der Waals surface area (Å²) in [5.74, 6) is 3.71. The number of carbonyl (C=O) groups is 2. The van der Waals surface area contributed by atoms with Crippen LogP contribution in [0.2, 0.25) is 0 Å². The number of hydrogen-bond donors (Lipinski definition) is 2. The van der Waals surface area contributed by atoms with Crippen LogP contribution in [0.25, 0.3) is 11.3 Å². The van der Waals surface area contributed by atoms with E-state index < -0.39 is 23.2 Å². The van der Waals surface area contributed by atoms with Crippen molar-refractivity contribution in [2.75, 3.05) is 20.7 Å². The zero-order valence-corrected chi connectivity index (χ0v) is 15.3. The molecule has 144 valence electrons. The van der Waals surface area contributed by atoms with E-state index in [1.165, 1.54) is 42.3 Å². The van der Waals surface area contributed by atoms with Crippen molar-refractivity contribution in [3.05, 3.63) is 47.4 Å². The fraction of sp³-hybridized carbons (Fsp3) is 0.250. The molecule has 2 aromatic rings. The highest BCUT2D eigenvalue weighted by Gasteiger charge is 2.42. The van der Waals surface area contributed by atoms with Crippen molar-refractivity contribution in [2.24, 2.45) is 5.73 Å². The van der Waals surface area contributed by atoms with Crippen LogP contribution in [0.15, 0.2) is 30.3 Å². The van der Waals surface area contributed by atoms with Crippen molar-refractivity contribution in [1.29, 1.82) is 0 Å². The third-order valence-corrected chi connectivity index (χ3v) is 4.40. The lowest BCUT2D eigenvalue weighted by molar-refractivity contribution is -0.137. The van der Waals surface area contributed by atoms with Crippen molar-refractivity contribution in [3.8, 4) is 28.8 Å². The van der Waals surface area contributed by atoms with E-state index in [4.69, 9.17) is 10.5 Å². The standard InChI is InChI=1S/C20H18FN3O4/c1-24-6-5-20(27,19(24)26)4-3-12-7-13(9-14(21)8-12)16-10-15(28-2)11-17(23-16)18(22)25/h7-11,27H,5-6H2,1-2H3,(H2,22,25)/t20-/m0/s1. The first-order chi connectivity index (χ1) is 13.2. The lowest BCUT2D eigenvalue weighted by Gasteiger charge is -2.13. The van der Waals surface area contributed by atoms with Gasteiger partial charge < -0.3 is 20.5 Å². The summed E-state index contributed by atoms with van der Waals surface area (Å²) in [6.07, 6.45) is 0.177. The minimum absolute atomic E-state index is 0.0276. The van der Waals surface area contributed by atoms with Crippen LogP contribution in [0.3, 0.4) is 0 Å². The van der Waals surface area contributed by atoms with E-state index in [9.17, 15) is 19.1 Å². The van der Waals surface area contributed by atoms with E-state index in [1.54, 1.807) is 7.05 Å². The topological polar surface area (TPSA) is 106 Å². The van der Waals surface area contributed by atoms with Gasteiger partial charge in [-0.2, -0.15) is 0 Å². The zero-order chi connectivity index (χ0) is 20.5. The Balaban J connectivity index is 2.02. The van der Waals surface area contributed by atoms with E-state index in [1.807, 2.05) is 0 Å².